The van der Waals surface area contributed by atoms with Crippen LogP contribution in [0.3, 0.4) is 0 Å². The summed E-state index contributed by atoms with van der Waals surface area (Å²) in [6.07, 6.45) is 5.00. The Hall–Kier alpha value is -0.120. The second kappa shape index (κ2) is 3.95. The van der Waals surface area contributed by atoms with E-state index in [1.807, 2.05) is 0 Å². The molecule has 13 heavy (non-hydrogen) atoms. The molecule has 3 nitrogen and oxygen atoms in total. The maximum absolute atomic E-state index is 9.79. The molecule has 2 N–H and O–H groups in total. The van der Waals surface area contributed by atoms with Crippen molar-refractivity contribution in [3.63, 3.8) is 0 Å². The number of rotatable bonds is 1. The molecular weight excluding hydrogens is 166 g/mol. The van der Waals surface area contributed by atoms with Crippen LogP contribution in [0.1, 0.15) is 32.1 Å². The van der Waals surface area contributed by atoms with Crippen molar-refractivity contribution in [3.05, 3.63) is 0 Å². The van der Waals surface area contributed by atoms with Gasteiger partial charge in [-0.25, -0.2) is 0 Å². The zero-order valence-corrected chi connectivity index (χ0v) is 8.02. The summed E-state index contributed by atoms with van der Waals surface area (Å²) >= 11 is 0. The number of aliphatic hydroxyl groups is 2. The predicted molar refractivity (Wildman–Crippen MR) is 50.5 cm³/mol. The van der Waals surface area contributed by atoms with Crippen LogP contribution in [-0.4, -0.2) is 46.5 Å². The van der Waals surface area contributed by atoms with Crippen LogP contribution in [0.5, 0.6) is 0 Å². The predicted octanol–water partition coefficient (Wildman–Crippen LogP) is 0.357. The Bertz CT molecular complexity index is 174. The van der Waals surface area contributed by atoms with Gasteiger partial charge in [0.2, 0.25) is 0 Å². The average Bonchev–Trinajstić information content (AvgIpc) is 2.53. The summed E-state index contributed by atoms with van der Waals surface area (Å²) < 4.78 is 0. The van der Waals surface area contributed by atoms with Crippen LogP contribution in [0.2, 0.25) is 0 Å². The van der Waals surface area contributed by atoms with Gasteiger partial charge in [-0.15, -0.1) is 0 Å². The van der Waals surface area contributed by atoms with Crippen LogP contribution in [0.25, 0.3) is 0 Å². The number of hydrogen-bond donors (Lipinski definition) is 2. The standard InChI is InChI=1S/C10H19NO2/c12-8-5-6-11(7-8)9-3-1-2-4-10(9)13/h8-10,12-13H,1-7H2/t8?,9-,10-/m0/s1. The third-order valence-electron chi connectivity index (χ3n) is 3.36. The van der Waals surface area contributed by atoms with Crippen molar-refractivity contribution < 1.29 is 10.2 Å². The van der Waals surface area contributed by atoms with Gasteiger partial charge < -0.3 is 10.2 Å². The molecule has 1 saturated carbocycles. The molecule has 1 heterocycles. The number of likely N-dealkylation sites (tertiary alicyclic amines) is 1. The summed E-state index contributed by atoms with van der Waals surface area (Å²) in [5.74, 6) is 0. The molecule has 1 aliphatic heterocycles. The lowest BCUT2D eigenvalue weighted by Gasteiger charge is -2.34. The third kappa shape index (κ3) is 2.03. The minimum Gasteiger partial charge on any atom is -0.392 e. The van der Waals surface area contributed by atoms with Crippen molar-refractivity contribution in [2.45, 2.75) is 50.4 Å². The monoisotopic (exact) mass is 185 g/mol. The molecule has 2 rings (SSSR count). The van der Waals surface area contributed by atoms with Gasteiger partial charge in [-0.1, -0.05) is 12.8 Å². The van der Waals surface area contributed by atoms with Gasteiger partial charge in [0.25, 0.3) is 0 Å². The zero-order valence-electron chi connectivity index (χ0n) is 8.02. The number of hydrogen-bond acceptors (Lipinski definition) is 3. The fourth-order valence-corrected chi connectivity index (χ4v) is 2.59. The molecule has 3 atom stereocenters. The van der Waals surface area contributed by atoms with Crippen molar-refractivity contribution in [1.82, 2.24) is 4.90 Å². The molecule has 1 saturated heterocycles. The van der Waals surface area contributed by atoms with E-state index in [4.69, 9.17) is 0 Å². The molecule has 3 heteroatoms. The van der Waals surface area contributed by atoms with E-state index < -0.39 is 0 Å². The van der Waals surface area contributed by atoms with Crippen LogP contribution in [0, 0.1) is 0 Å². The third-order valence-corrected chi connectivity index (χ3v) is 3.36. The van der Waals surface area contributed by atoms with Gasteiger partial charge in [0.05, 0.1) is 12.2 Å². The van der Waals surface area contributed by atoms with E-state index in [9.17, 15) is 10.2 Å². The molecule has 76 valence electrons. The van der Waals surface area contributed by atoms with Crippen LogP contribution in [-0.2, 0) is 0 Å². The van der Waals surface area contributed by atoms with E-state index in [2.05, 4.69) is 4.90 Å². The van der Waals surface area contributed by atoms with E-state index in [1.54, 1.807) is 0 Å². The number of aliphatic hydroxyl groups excluding tert-OH is 2. The van der Waals surface area contributed by atoms with Gasteiger partial charge in [0.15, 0.2) is 0 Å². The Morgan fingerprint density at radius 3 is 2.38 bits per heavy atom. The summed E-state index contributed by atoms with van der Waals surface area (Å²) in [6.45, 7) is 1.73. The summed E-state index contributed by atoms with van der Waals surface area (Å²) in [5, 5.41) is 19.2. The molecule has 0 spiro atoms. The number of nitrogens with zero attached hydrogens (tertiary/aromatic N) is 1. The topological polar surface area (TPSA) is 43.7 Å². The van der Waals surface area contributed by atoms with Crippen LogP contribution in [0.15, 0.2) is 0 Å². The van der Waals surface area contributed by atoms with E-state index in [0.29, 0.717) is 6.04 Å². The van der Waals surface area contributed by atoms with Crippen molar-refractivity contribution in [2.75, 3.05) is 13.1 Å². The fourth-order valence-electron chi connectivity index (χ4n) is 2.59. The van der Waals surface area contributed by atoms with Gasteiger partial charge in [0.1, 0.15) is 0 Å². The lowest BCUT2D eigenvalue weighted by Crippen LogP contribution is -2.44. The highest BCUT2D eigenvalue weighted by Crippen LogP contribution is 2.25. The first-order valence-electron chi connectivity index (χ1n) is 5.37. The van der Waals surface area contributed by atoms with Gasteiger partial charge in [-0.3, -0.25) is 4.90 Å². The van der Waals surface area contributed by atoms with Crippen molar-refractivity contribution >= 4 is 0 Å². The van der Waals surface area contributed by atoms with Crippen LogP contribution in [0.4, 0.5) is 0 Å². The molecule has 2 fully saturated rings. The van der Waals surface area contributed by atoms with E-state index in [0.717, 1.165) is 38.8 Å². The average molecular weight is 185 g/mol. The molecule has 2 aliphatic rings. The molecule has 0 aromatic carbocycles. The van der Waals surface area contributed by atoms with Gasteiger partial charge in [-0.05, 0) is 19.3 Å². The SMILES string of the molecule is OC1CCN([C@H]2CCCC[C@@H]2O)C1. The Morgan fingerprint density at radius 2 is 1.77 bits per heavy atom. The smallest absolute Gasteiger partial charge is 0.0695 e. The van der Waals surface area contributed by atoms with E-state index in [1.165, 1.54) is 6.42 Å². The minimum absolute atomic E-state index is 0.154. The molecule has 0 amide bonds. The van der Waals surface area contributed by atoms with Crippen molar-refractivity contribution in [1.29, 1.82) is 0 Å². The fraction of sp³-hybridized carbons (Fsp3) is 1.00. The highest BCUT2D eigenvalue weighted by atomic mass is 16.3. The van der Waals surface area contributed by atoms with Crippen molar-refractivity contribution in [3.8, 4) is 0 Å². The van der Waals surface area contributed by atoms with Crippen LogP contribution < -0.4 is 0 Å². The molecule has 0 aromatic rings. The molecule has 0 bridgehead atoms. The van der Waals surface area contributed by atoms with E-state index >= 15 is 0 Å². The normalized spacial score (nSPS) is 42.5. The maximum atomic E-state index is 9.79. The van der Waals surface area contributed by atoms with E-state index in [-0.39, 0.29) is 12.2 Å². The van der Waals surface area contributed by atoms with Crippen molar-refractivity contribution in [2.24, 2.45) is 0 Å². The Kier molecular flexibility index (Phi) is 2.86. The second-order valence-corrected chi connectivity index (χ2v) is 4.36. The summed E-state index contributed by atoms with van der Waals surface area (Å²) in [6, 6.07) is 0.325. The highest BCUT2D eigenvalue weighted by Gasteiger charge is 2.32. The first-order valence-corrected chi connectivity index (χ1v) is 5.37. The quantitative estimate of drug-likeness (QED) is 0.620. The molecule has 1 aliphatic carbocycles. The zero-order chi connectivity index (χ0) is 9.26. The summed E-state index contributed by atoms with van der Waals surface area (Å²) in [7, 11) is 0. The molecular formula is C10H19NO2. The lowest BCUT2D eigenvalue weighted by atomic mass is 9.91. The number of β-amino-alcohol motifs (C(OH)–C–C–N with tert-alkyl or cyclic N) is 1. The summed E-state index contributed by atoms with van der Waals surface area (Å²) in [4.78, 5) is 2.26. The Labute approximate surface area is 79.4 Å². The van der Waals surface area contributed by atoms with Crippen LogP contribution >= 0.6 is 0 Å². The Balaban J connectivity index is 1.91. The second-order valence-electron chi connectivity index (χ2n) is 4.36. The highest BCUT2D eigenvalue weighted by molar-refractivity contribution is 4.87. The molecule has 0 aromatic heterocycles. The molecule has 0 radical (unpaired) electrons. The maximum Gasteiger partial charge on any atom is 0.0695 e. The first-order chi connectivity index (χ1) is 6.27. The first kappa shape index (κ1) is 9.44. The molecule has 1 unspecified atom stereocenters. The van der Waals surface area contributed by atoms with Gasteiger partial charge in [0, 0.05) is 19.1 Å². The Morgan fingerprint density at radius 1 is 1.00 bits per heavy atom. The van der Waals surface area contributed by atoms with Gasteiger partial charge >= 0.3 is 0 Å². The van der Waals surface area contributed by atoms with Gasteiger partial charge in [-0.2, -0.15) is 0 Å². The minimum atomic E-state index is -0.158. The largest absolute Gasteiger partial charge is 0.392 e. The lowest BCUT2D eigenvalue weighted by molar-refractivity contribution is 0.0253. The summed E-state index contributed by atoms with van der Waals surface area (Å²) in [5.41, 5.74) is 0.